The molecule has 0 aliphatic carbocycles. The number of hydrogen-bond acceptors (Lipinski definition) is 5. The second kappa shape index (κ2) is 5.96. The van der Waals surface area contributed by atoms with E-state index in [1.54, 1.807) is 6.20 Å². The van der Waals surface area contributed by atoms with E-state index in [9.17, 15) is 0 Å². The van der Waals surface area contributed by atoms with Gasteiger partial charge in [-0.2, -0.15) is 0 Å². The van der Waals surface area contributed by atoms with Crippen LogP contribution in [0.3, 0.4) is 0 Å². The molecule has 0 bridgehead atoms. The van der Waals surface area contributed by atoms with Crippen LogP contribution < -0.4 is 10.2 Å². The Morgan fingerprint density at radius 3 is 2.85 bits per heavy atom. The summed E-state index contributed by atoms with van der Waals surface area (Å²) >= 11 is 0. The Kier molecular flexibility index (Phi) is 3.87. The molecule has 1 fully saturated rings. The average molecular weight is 269 g/mol. The predicted octanol–water partition coefficient (Wildman–Crippen LogP) is 1.58. The molecule has 1 saturated heterocycles. The van der Waals surface area contributed by atoms with Crippen molar-refractivity contribution >= 4 is 5.82 Å². The molecule has 0 spiro atoms. The molecule has 1 aliphatic heterocycles. The Morgan fingerprint density at radius 1 is 1.20 bits per heavy atom. The summed E-state index contributed by atoms with van der Waals surface area (Å²) in [6.07, 6.45) is 2.98. The molecule has 5 heteroatoms. The van der Waals surface area contributed by atoms with Gasteiger partial charge in [0.05, 0.1) is 5.69 Å². The van der Waals surface area contributed by atoms with Crippen LogP contribution in [0.5, 0.6) is 0 Å². The number of nitrogens with one attached hydrogen (secondary N) is 1. The summed E-state index contributed by atoms with van der Waals surface area (Å²) in [4.78, 5) is 6.59. The second-order valence-corrected chi connectivity index (χ2v) is 5.15. The normalized spacial score (nSPS) is 18.4. The Morgan fingerprint density at radius 2 is 2.15 bits per heavy atom. The third kappa shape index (κ3) is 2.77. The number of aromatic nitrogens is 3. The zero-order chi connectivity index (χ0) is 13.8. The molecule has 1 aliphatic rings. The molecule has 3 heterocycles. The summed E-state index contributed by atoms with van der Waals surface area (Å²) in [6.45, 7) is 3.18. The number of rotatable bonds is 4. The molecule has 1 atom stereocenters. The third-order valence-electron chi connectivity index (χ3n) is 3.68. The van der Waals surface area contributed by atoms with Gasteiger partial charge in [0.2, 0.25) is 0 Å². The van der Waals surface area contributed by atoms with Crippen molar-refractivity contribution < 1.29 is 0 Å². The van der Waals surface area contributed by atoms with Crippen LogP contribution in [0.15, 0.2) is 36.5 Å². The molecule has 3 rings (SSSR count). The van der Waals surface area contributed by atoms with Crippen molar-refractivity contribution in [2.75, 3.05) is 31.6 Å². The van der Waals surface area contributed by atoms with Crippen LogP contribution in [0.25, 0.3) is 11.4 Å². The average Bonchev–Trinajstić information content (AvgIpc) is 2.97. The van der Waals surface area contributed by atoms with Gasteiger partial charge >= 0.3 is 0 Å². The predicted molar refractivity (Wildman–Crippen MR) is 79.5 cm³/mol. The van der Waals surface area contributed by atoms with Crippen molar-refractivity contribution in [3.63, 3.8) is 0 Å². The molecule has 1 N–H and O–H groups in total. The molecular formula is C15H19N5. The van der Waals surface area contributed by atoms with E-state index in [-0.39, 0.29) is 0 Å². The maximum atomic E-state index is 4.35. The van der Waals surface area contributed by atoms with Crippen LogP contribution in [0, 0.1) is 5.92 Å². The summed E-state index contributed by atoms with van der Waals surface area (Å²) in [7, 11) is 2.00. The molecule has 1 unspecified atom stereocenters. The summed E-state index contributed by atoms with van der Waals surface area (Å²) < 4.78 is 0. The molecule has 0 amide bonds. The number of hydrogen-bond donors (Lipinski definition) is 1. The van der Waals surface area contributed by atoms with Crippen LogP contribution in [-0.2, 0) is 0 Å². The van der Waals surface area contributed by atoms with Gasteiger partial charge in [-0.1, -0.05) is 6.07 Å². The van der Waals surface area contributed by atoms with Crippen LogP contribution >= 0.6 is 0 Å². The first-order chi connectivity index (χ1) is 9.86. The quantitative estimate of drug-likeness (QED) is 0.913. The molecule has 5 nitrogen and oxygen atoms in total. The minimum atomic E-state index is 0.706. The van der Waals surface area contributed by atoms with Crippen LogP contribution in [0.1, 0.15) is 6.42 Å². The van der Waals surface area contributed by atoms with Gasteiger partial charge in [-0.05, 0) is 50.2 Å². The Labute approximate surface area is 119 Å². The van der Waals surface area contributed by atoms with Crippen molar-refractivity contribution in [1.82, 2.24) is 20.5 Å². The topological polar surface area (TPSA) is 53.9 Å². The highest BCUT2D eigenvalue weighted by molar-refractivity contribution is 5.55. The molecule has 0 saturated carbocycles. The first-order valence-corrected chi connectivity index (χ1v) is 7.01. The van der Waals surface area contributed by atoms with Gasteiger partial charge in [0, 0.05) is 19.3 Å². The highest BCUT2D eigenvalue weighted by atomic mass is 15.3. The third-order valence-corrected chi connectivity index (χ3v) is 3.68. The summed E-state index contributed by atoms with van der Waals surface area (Å²) in [5.74, 6) is 1.67. The SMILES string of the molecule is CNCC1CCN(c2ccc(-c3ccccn3)nn2)C1. The van der Waals surface area contributed by atoms with E-state index < -0.39 is 0 Å². The van der Waals surface area contributed by atoms with Gasteiger partial charge in [-0.3, -0.25) is 4.98 Å². The number of nitrogens with zero attached hydrogens (tertiary/aromatic N) is 4. The largest absolute Gasteiger partial charge is 0.355 e. The lowest BCUT2D eigenvalue weighted by Gasteiger charge is -2.16. The fourth-order valence-electron chi connectivity index (χ4n) is 2.64. The first kappa shape index (κ1) is 13.0. The zero-order valence-corrected chi connectivity index (χ0v) is 11.7. The lowest BCUT2D eigenvalue weighted by atomic mass is 10.1. The Hall–Kier alpha value is -2.01. The van der Waals surface area contributed by atoms with Crippen molar-refractivity contribution in [2.45, 2.75) is 6.42 Å². The summed E-state index contributed by atoms with van der Waals surface area (Å²) in [5, 5.41) is 11.9. The standard InChI is InChI=1S/C15H19N5/c1-16-10-12-7-9-20(11-12)15-6-5-14(18-19-15)13-4-2-3-8-17-13/h2-6,8,12,16H,7,9-11H2,1H3. The smallest absolute Gasteiger partial charge is 0.151 e. The van der Waals surface area contributed by atoms with E-state index in [0.29, 0.717) is 5.92 Å². The molecular weight excluding hydrogens is 250 g/mol. The van der Waals surface area contributed by atoms with Crippen molar-refractivity contribution in [1.29, 1.82) is 0 Å². The molecule has 2 aromatic heterocycles. The van der Waals surface area contributed by atoms with Gasteiger partial charge < -0.3 is 10.2 Å². The Balaban J connectivity index is 1.71. The maximum Gasteiger partial charge on any atom is 0.151 e. The van der Waals surface area contributed by atoms with E-state index in [4.69, 9.17) is 0 Å². The fraction of sp³-hybridized carbons (Fsp3) is 0.400. The maximum absolute atomic E-state index is 4.35. The van der Waals surface area contributed by atoms with Gasteiger partial charge in [0.1, 0.15) is 5.69 Å². The van der Waals surface area contributed by atoms with E-state index >= 15 is 0 Å². The molecule has 0 radical (unpaired) electrons. The van der Waals surface area contributed by atoms with E-state index in [0.717, 1.165) is 36.8 Å². The van der Waals surface area contributed by atoms with Crippen LogP contribution in [-0.4, -0.2) is 41.9 Å². The highest BCUT2D eigenvalue weighted by Crippen LogP contribution is 2.22. The van der Waals surface area contributed by atoms with Gasteiger partial charge in [-0.25, -0.2) is 0 Å². The summed E-state index contributed by atoms with van der Waals surface area (Å²) in [6, 6.07) is 9.84. The number of anilines is 1. The lowest BCUT2D eigenvalue weighted by molar-refractivity contribution is 0.548. The summed E-state index contributed by atoms with van der Waals surface area (Å²) in [5.41, 5.74) is 1.68. The van der Waals surface area contributed by atoms with Gasteiger partial charge in [0.25, 0.3) is 0 Å². The molecule has 20 heavy (non-hydrogen) atoms. The molecule has 2 aromatic rings. The Bertz CT molecular complexity index is 540. The zero-order valence-electron chi connectivity index (χ0n) is 11.7. The molecule has 104 valence electrons. The minimum Gasteiger partial charge on any atom is -0.355 e. The molecule has 0 aromatic carbocycles. The first-order valence-electron chi connectivity index (χ1n) is 7.01. The highest BCUT2D eigenvalue weighted by Gasteiger charge is 2.23. The van der Waals surface area contributed by atoms with Crippen molar-refractivity contribution in [3.05, 3.63) is 36.5 Å². The minimum absolute atomic E-state index is 0.706. The van der Waals surface area contributed by atoms with Crippen LogP contribution in [0.2, 0.25) is 0 Å². The van der Waals surface area contributed by atoms with Gasteiger partial charge in [0.15, 0.2) is 5.82 Å². The monoisotopic (exact) mass is 269 g/mol. The number of pyridine rings is 1. The van der Waals surface area contributed by atoms with E-state index in [1.165, 1.54) is 6.42 Å². The second-order valence-electron chi connectivity index (χ2n) is 5.15. The van der Waals surface area contributed by atoms with Crippen molar-refractivity contribution in [3.8, 4) is 11.4 Å². The fourth-order valence-corrected chi connectivity index (χ4v) is 2.64. The van der Waals surface area contributed by atoms with Crippen molar-refractivity contribution in [2.24, 2.45) is 5.92 Å². The van der Waals surface area contributed by atoms with E-state index in [2.05, 4.69) is 25.4 Å². The van der Waals surface area contributed by atoms with Gasteiger partial charge in [-0.15, -0.1) is 10.2 Å². The van der Waals surface area contributed by atoms with E-state index in [1.807, 2.05) is 37.4 Å². The van der Waals surface area contributed by atoms with Crippen LogP contribution in [0.4, 0.5) is 5.82 Å². The lowest BCUT2D eigenvalue weighted by Crippen LogP contribution is -2.25.